The van der Waals surface area contributed by atoms with Crippen molar-refractivity contribution in [3.63, 3.8) is 0 Å². The molecule has 1 heterocycles. The Hall–Kier alpha value is -2.91. The Balaban J connectivity index is 1.48. The molecule has 0 bridgehead atoms. The number of nitrogens with zero attached hydrogens (tertiary/aromatic N) is 2. The molecule has 0 aliphatic heterocycles. The van der Waals surface area contributed by atoms with Crippen LogP contribution >= 0.6 is 23.1 Å². The Bertz CT molecular complexity index is 947. The second kappa shape index (κ2) is 9.86. The van der Waals surface area contributed by atoms with Crippen LogP contribution in [0.3, 0.4) is 0 Å². The normalized spacial score (nSPS) is 10.4. The SMILES string of the molecule is Nc1nnc(SCC(=O)OCC(=O)Nc2ccccc2Cc2ccccc2)s1. The Labute approximate surface area is 170 Å². The molecule has 2 aromatic carbocycles. The number of nitrogens with two attached hydrogens (primary N) is 1. The van der Waals surface area contributed by atoms with Crippen LogP contribution < -0.4 is 11.1 Å². The fraction of sp³-hybridized carbons (Fsp3) is 0.158. The van der Waals surface area contributed by atoms with Crippen LogP contribution in [-0.2, 0) is 20.7 Å². The number of thioether (sulfide) groups is 1. The molecule has 7 nitrogen and oxygen atoms in total. The number of esters is 1. The zero-order chi connectivity index (χ0) is 19.8. The number of hydrogen-bond acceptors (Lipinski definition) is 8. The lowest BCUT2D eigenvalue weighted by molar-refractivity contribution is -0.144. The van der Waals surface area contributed by atoms with Crippen molar-refractivity contribution in [2.75, 3.05) is 23.4 Å². The molecular formula is C19H18N4O3S2. The summed E-state index contributed by atoms with van der Waals surface area (Å²) in [4.78, 5) is 24.0. The van der Waals surface area contributed by atoms with Gasteiger partial charge < -0.3 is 15.8 Å². The fourth-order valence-electron chi connectivity index (χ4n) is 2.39. The molecule has 0 spiro atoms. The number of anilines is 2. The summed E-state index contributed by atoms with van der Waals surface area (Å²) < 4.78 is 5.59. The first kappa shape index (κ1) is 19.8. The summed E-state index contributed by atoms with van der Waals surface area (Å²) in [6.07, 6.45) is 0.693. The van der Waals surface area contributed by atoms with E-state index in [1.165, 1.54) is 23.1 Å². The number of hydrogen-bond donors (Lipinski definition) is 2. The van der Waals surface area contributed by atoms with Crippen molar-refractivity contribution in [1.82, 2.24) is 10.2 Å². The van der Waals surface area contributed by atoms with Crippen LogP contribution in [0.25, 0.3) is 0 Å². The smallest absolute Gasteiger partial charge is 0.316 e. The lowest BCUT2D eigenvalue weighted by atomic mass is 10.0. The minimum absolute atomic E-state index is 0.0342. The molecule has 3 rings (SSSR count). The van der Waals surface area contributed by atoms with Crippen LogP contribution in [-0.4, -0.2) is 34.4 Å². The minimum atomic E-state index is -0.508. The van der Waals surface area contributed by atoms with Gasteiger partial charge in [-0.15, -0.1) is 10.2 Å². The van der Waals surface area contributed by atoms with Crippen molar-refractivity contribution in [3.05, 3.63) is 65.7 Å². The van der Waals surface area contributed by atoms with Gasteiger partial charge in [0.15, 0.2) is 10.9 Å². The summed E-state index contributed by atoms with van der Waals surface area (Å²) in [6, 6.07) is 17.5. The maximum Gasteiger partial charge on any atom is 0.316 e. The number of rotatable bonds is 8. The standard InChI is InChI=1S/C19H18N4O3S2/c20-18-22-23-19(28-18)27-12-17(25)26-11-16(24)21-15-9-5-4-8-14(15)10-13-6-2-1-3-7-13/h1-9H,10-12H2,(H2,20,22)(H,21,24). The third-order valence-electron chi connectivity index (χ3n) is 3.63. The van der Waals surface area contributed by atoms with E-state index >= 15 is 0 Å². The van der Waals surface area contributed by atoms with E-state index in [2.05, 4.69) is 15.5 Å². The van der Waals surface area contributed by atoms with E-state index in [9.17, 15) is 9.59 Å². The summed E-state index contributed by atoms with van der Waals surface area (Å²) in [5.74, 6) is -0.863. The lowest BCUT2D eigenvalue weighted by Crippen LogP contribution is -2.22. The monoisotopic (exact) mass is 414 g/mol. The van der Waals surface area contributed by atoms with Gasteiger partial charge in [-0.25, -0.2) is 0 Å². The van der Waals surface area contributed by atoms with Crippen LogP contribution in [0.15, 0.2) is 58.9 Å². The van der Waals surface area contributed by atoms with E-state index in [4.69, 9.17) is 10.5 Å². The predicted octanol–water partition coefficient (Wildman–Crippen LogP) is 2.99. The molecule has 1 aromatic heterocycles. The van der Waals surface area contributed by atoms with Crippen LogP contribution in [0.4, 0.5) is 10.8 Å². The summed E-state index contributed by atoms with van der Waals surface area (Å²) >= 11 is 2.36. The van der Waals surface area contributed by atoms with Gasteiger partial charge >= 0.3 is 5.97 Å². The molecule has 9 heteroatoms. The number of aromatic nitrogens is 2. The van der Waals surface area contributed by atoms with Gasteiger partial charge in [-0.2, -0.15) is 0 Å². The third-order valence-corrected chi connectivity index (χ3v) is 5.49. The highest BCUT2D eigenvalue weighted by atomic mass is 32.2. The second-order valence-electron chi connectivity index (χ2n) is 5.72. The Morgan fingerprint density at radius 1 is 1.07 bits per heavy atom. The van der Waals surface area contributed by atoms with E-state index in [-0.39, 0.29) is 18.3 Å². The number of para-hydroxylation sites is 1. The van der Waals surface area contributed by atoms with Crippen LogP contribution in [0.5, 0.6) is 0 Å². The van der Waals surface area contributed by atoms with Crippen molar-refractivity contribution in [2.45, 2.75) is 10.8 Å². The zero-order valence-electron chi connectivity index (χ0n) is 14.8. The first-order chi connectivity index (χ1) is 13.6. The predicted molar refractivity (Wildman–Crippen MR) is 110 cm³/mol. The van der Waals surface area contributed by atoms with Crippen molar-refractivity contribution >= 4 is 45.8 Å². The van der Waals surface area contributed by atoms with Gasteiger partial charge in [0.25, 0.3) is 5.91 Å². The van der Waals surface area contributed by atoms with Gasteiger partial charge in [0.1, 0.15) is 0 Å². The van der Waals surface area contributed by atoms with Crippen LogP contribution in [0.2, 0.25) is 0 Å². The Kier molecular flexibility index (Phi) is 6.99. The molecular weight excluding hydrogens is 396 g/mol. The molecule has 0 fully saturated rings. The van der Waals surface area contributed by atoms with Gasteiger partial charge in [-0.1, -0.05) is 71.6 Å². The number of carbonyl (C=O) groups excluding carboxylic acids is 2. The average Bonchev–Trinajstić information content (AvgIpc) is 3.12. The van der Waals surface area contributed by atoms with Gasteiger partial charge in [-0.3, -0.25) is 9.59 Å². The van der Waals surface area contributed by atoms with Crippen molar-refractivity contribution in [3.8, 4) is 0 Å². The number of amides is 1. The van der Waals surface area contributed by atoms with E-state index in [1.807, 2.05) is 54.6 Å². The summed E-state index contributed by atoms with van der Waals surface area (Å²) in [6.45, 7) is -0.350. The number of ether oxygens (including phenoxy) is 1. The molecule has 0 atom stereocenters. The lowest BCUT2D eigenvalue weighted by Gasteiger charge is -2.11. The largest absolute Gasteiger partial charge is 0.455 e. The second-order valence-corrected chi connectivity index (χ2v) is 7.95. The summed E-state index contributed by atoms with van der Waals surface area (Å²) in [5, 5.41) is 10.6. The summed E-state index contributed by atoms with van der Waals surface area (Å²) in [7, 11) is 0. The highest BCUT2D eigenvalue weighted by Gasteiger charge is 2.12. The van der Waals surface area contributed by atoms with Crippen molar-refractivity contribution in [2.24, 2.45) is 0 Å². The van der Waals surface area contributed by atoms with Gasteiger partial charge in [-0.05, 0) is 23.6 Å². The van der Waals surface area contributed by atoms with E-state index < -0.39 is 5.97 Å². The maximum atomic E-state index is 12.2. The van der Waals surface area contributed by atoms with Gasteiger partial charge in [0.05, 0.1) is 5.75 Å². The molecule has 0 radical (unpaired) electrons. The molecule has 0 aliphatic carbocycles. The molecule has 144 valence electrons. The Morgan fingerprint density at radius 2 is 1.82 bits per heavy atom. The highest BCUT2D eigenvalue weighted by molar-refractivity contribution is 8.01. The molecule has 28 heavy (non-hydrogen) atoms. The highest BCUT2D eigenvalue weighted by Crippen LogP contribution is 2.23. The average molecular weight is 415 g/mol. The maximum absolute atomic E-state index is 12.2. The molecule has 0 aliphatic rings. The quantitative estimate of drug-likeness (QED) is 0.431. The molecule has 0 unspecified atom stereocenters. The summed E-state index contributed by atoms with van der Waals surface area (Å²) in [5.41, 5.74) is 8.31. The molecule has 3 aromatic rings. The minimum Gasteiger partial charge on any atom is -0.455 e. The molecule has 1 amide bonds. The third kappa shape index (κ3) is 6.07. The van der Waals surface area contributed by atoms with E-state index in [1.54, 1.807) is 0 Å². The number of carbonyl (C=O) groups is 2. The Morgan fingerprint density at radius 3 is 2.57 bits per heavy atom. The first-order valence-corrected chi connectivity index (χ1v) is 10.2. The zero-order valence-corrected chi connectivity index (χ0v) is 16.5. The van der Waals surface area contributed by atoms with Crippen LogP contribution in [0.1, 0.15) is 11.1 Å². The molecule has 0 saturated carbocycles. The number of benzene rings is 2. The van der Waals surface area contributed by atoms with Gasteiger partial charge in [0.2, 0.25) is 5.13 Å². The fourth-order valence-corrected chi connectivity index (χ4v) is 3.82. The topological polar surface area (TPSA) is 107 Å². The van der Waals surface area contributed by atoms with Crippen molar-refractivity contribution < 1.29 is 14.3 Å². The number of nitrogen functional groups attached to an aromatic ring is 1. The van der Waals surface area contributed by atoms with Crippen LogP contribution in [0, 0.1) is 0 Å². The van der Waals surface area contributed by atoms with Gasteiger partial charge in [0, 0.05) is 5.69 Å². The molecule has 3 N–H and O–H groups in total. The first-order valence-electron chi connectivity index (χ1n) is 8.39. The molecule has 0 saturated heterocycles. The van der Waals surface area contributed by atoms with E-state index in [0.29, 0.717) is 21.6 Å². The number of nitrogens with one attached hydrogen (secondary N) is 1. The van der Waals surface area contributed by atoms with Crippen molar-refractivity contribution in [1.29, 1.82) is 0 Å². The van der Waals surface area contributed by atoms with E-state index in [0.717, 1.165) is 11.1 Å².